The summed E-state index contributed by atoms with van der Waals surface area (Å²) in [6, 6.07) is 8.36. The standard InChI is InChI=1S/C11H10BrN/c1-8-4-5-9(7-12)10-3-2-6-13-11(8)10/h2-6H,7H2,1H3. The lowest BCUT2D eigenvalue weighted by atomic mass is 10.1. The van der Waals surface area contributed by atoms with Gasteiger partial charge in [-0.3, -0.25) is 4.98 Å². The molecule has 2 aromatic rings. The molecule has 1 heterocycles. The first-order chi connectivity index (χ1) is 6.33. The first-order valence-corrected chi connectivity index (χ1v) is 5.34. The quantitative estimate of drug-likeness (QED) is 0.691. The lowest BCUT2D eigenvalue weighted by Gasteiger charge is -2.04. The van der Waals surface area contributed by atoms with E-state index < -0.39 is 0 Å². The molecule has 1 nitrogen and oxygen atoms in total. The Morgan fingerprint density at radius 1 is 1.31 bits per heavy atom. The fourth-order valence-corrected chi connectivity index (χ4v) is 1.98. The van der Waals surface area contributed by atoms with Crippen LogP contribution in [0.3, 0.4) is 0 Å². The average Bonchev–Trinajstić information content (AvgIpc) is 2.19. The number of aryl methyl sites for hydroxylation is 1. The minimum absolute atomic E-state index is 0.884. The van der Waals surface area contributed by atoms with Crippen LogP contribution in [0.25, 0.3) is 10.9 Å². The summed E-state index contributed by atoms with van der Waals surface area (Å²) in [5.41, 5.74) is 3.65. The van der Waals surface area contributed by atoms with Gasteiger partial charge in [0, 0.05) is 16.9 Å². The molecule has 0 amide bonds. The number of hydrogen-bond acceptors (Lipinski definition) is 1. The molecule has 0 spiro atoms. The van der Waals surface area contributed by atoms with Crippen LogP contribution in [-0.2, 0) is 5.33 Å². The second-order valence-corrected chi connectivity index (χ2v) is 3.64. The maximum absolute atomic E-state index is 4.37. The van der Waals surface area contributed by atoms with Crippen molar-refractivity contribution in [2.75, 3.05) is 0 Å². The van der Waals surface area contributed by atoms with E-state index in [4.69, 9.17) is 0 Å². The molecule has 0 aliphatic heterocycles. The summed E-state index contributed by atoms with van der Waals surface area (Å²) in [6.45, 7) is 2.09. The van der Waals surface area contributed by atoms with Crippen LogP contribution in [0.1, 0.15) is 11.1 Å². The number of benzene rings is 1. The minimum atomic E-state index is 0.884. The van der Waals surface area contributed by atoms with Crippen molar-refractivity contribution in [3.63, 3.8) is 0 Å². The van der Waals surface area contributed by atoms with Crippen molar-refractivity contribution in [2.24, 2.45) is 0 Å². The van der Waals surface area contributed by atoms with Crippen LogP contribution in [0.4, 0.5) is 0 Å². The Hall–Kier alpha value is -0.890. The molecule has 0 saturated carbocycles. The van der Waals surface area contributed by atoms with Gasteiger partial charge in [-0.25, -0.2) is 0 Å². The maximum atomic E-state index is 4.37. The van der Waals surface area contributed by atoms with E-state index in [9.17, 15) is 0 Å². The highest BCUT2D eigenvalue weighted by molar-refractivity contribution is 9.08. The Kier molecular flexibility index (Phi) is 2.32. The van der Waals surface area contributed by atoms with E-state index in [0.717, 1.165) is 10.8 Å². The SMILES string of the molecule is Cc1ccc(CBr)c2cccnc12. The van der Waals surface area contributed by atoms with Crippen molar-refractivity contribution in [3.8, 4) is 0 Å². The van der Waals surface area contributed by atoms with Crippen molar-refractivity contribution in [1.82, 2.24) is 4.98 Å². The maximum Gasteiger partial charge on any atom is 0.0734 e. The fourth-order valence-electron chi connectivity index (χ4n) is 1.49. The number of fused-ring (bicyclic) bond motifs is 1. The number of aromatic nitrogens is 1. The summed E-state index contributed by atoms with van der Waals surface area (Å²) in [7, 11) is 0. The molecule has 0 aliphatic carbocycles. The van der Waals surface area contributed by atoms with Crippen molar-refractivity contribution in [2.45, 2.75) is 12.3 Å². The van der Waals surface area contributed by atoms with E-state index in [2.05, 4.69) is 46.0 Å². The van der Waals surface area contributed by atoms with E-state index in [1.54, 1.807) is 0 Å². The van der Waals surface area contributed by atoms with Crippen LogP contribution in [0.2, 0.25) is 0 Å². The molecule has 13 heavy (non-hydrogen) atoms. The molecule has 0 radical (unpaired) electrons. The van der Waals surface area contributed by atoms with Gasteiger partial charge in [0.15, 0.2) is 0 Å². The van der Waals surface area contributed by atoms with E-state index in [1.165, 1.54) is 16.5 Å². The first kappa shape index (κ1) is 8.70. The van der Waals surface area contributed by atoms with Gasteiger partial charge in [0.25, 0.3) is 0 Å². The van der Waals surface area contributed by atoms with Crippen molar-refractivity contribution < 1.29 is 0 Å². The normalized spacial score (nSPS) is 10.6. The molecule has 0 fully saturated rings. The molecule has 2 rings (SSSR count). The molecule has 0 saturated heterocycles. The largest absolute Gasteiger partial charge is 0.256 e. The lowest BCUT2D eigenvalue weighted by Crippen LogP contribution is -1.87. The van der Waals surface area contributed by atoms with Gasteiger partial charge in [0.1, 0.15) is 0 Å². The molecule has 1 aromatic heterocycles. The van der Waals surface area contributed by atoms with E-state index in [-0.39, 0.29) is 0 Å². The third kappa shape index (κ3) is 1.46. The average molecular weight is 236 g/mol. The van der Waals surface area contributed by atoms with Gasteiger partial charge in [-0.15, -0.1) is 0 Å². The summed E-state index contributed by atoms with van der Waals surface area (Å²) < 4.78 is 0. The lowest BCUT2D eigenvalue weighted by molar-refractivity contribution is 1.34. The third-order valence-electron chi connectivity index (χ3n) is 2.21. The zero-order chi connectivity index (χ0) is 9.26. The Bertz CT molecular complexity index is 437. The highest BCUT2D eigenvalue weighted by atomic mass is 79.9. The van der Waals surface area contributed by atoms with Gasteiger partial charge in [-0.2, -0.15) is 0 Å². The van der Waals surface area contributed by atoms with Crippen LogP contribution >= 0.6 is 15.9 Å². The number of halogens is 1. The van der Waals surface area contributed by atoms with E-state index >= 15 is 0 Å². The van der Waals surface area contributed by atoms with Crippen molar-refractivity contribution in [1.29, 1.82) is 0 Å². The van der Waals surface area contributed by atoms with Crippen molar-refractivity contribution in [3.05, 3.63) is 41.6 Å². The summed E-state index contributed by atoms with van der Waals surface area (Å²) >= 11 is 3.48. The topological polar surface area (TPSA) is 12.9 Å². The predicted molar refractivity (Wildman–Crippen MR) is 59.1 cm³/mol. The highest BCUT2D eigenvalue weighted by Crippen LogP contribution is 2.21. The van der Waals surface area contributed by atoms with Gasteiger partial charge in [-0.1, -0.05) is 34.1 Å². The van der Waals surface area contributed by atoms with Crippen LogP contribution in [-0.4, -0.2) is 4.98 Å². The molecule has 0 atom stereocenters. The van der Waals surface area contributed by atoms with Gasteiger partial charge in [0.05, 0.1) is 5.52 Å². The Balaban J connectivity index is 2.84. The molecule has 0 N–H and O–H groups in total. The monoisotopic (exact) mass is 235 g/mol. The Labute approximate surface area is 85.9 Å². The van der Waals surface area contributed by atoms with Gasteiger partial charge in [-0.05, 0) is 24.1 Å². The number of alkyl halides is 1. The number of pyridine rings is 1. The second kappa shape index (κ2) is 3.46. The minimum Gasteiger partial charge on any atom is -0.256 e. The molecule has 1 aromatic carbocycles. The number of rotatable bonds is 1. The van der Waals surface area contributed by atoms with Gasteiger partial charge < -0.3 is 0 Å². The smallest absolute Gasteiger partial charge is 0.0734 e. The molecule has 2 heteroatoms. The fraction of sp³-hybridized carbons (Fsp3) is 0.182. The van der Waals surface area contributed by atoms with Gasteiger partial charge >= 0.3 is 0 Å². The van der Waals surface area contributed by atoms with E-state index in [0.29, 0.717) is 0 Å². The van der Waals surface area contributed by atoms with Crippen LogP contribution in [0, 0.1) is 6.92 Å². The Morgan fingerprint density at radius 2 is 2.15 bits per heavy atom. The summed E-state index contributed by atoms with van der Waals surface area (Å²) in [5, 5.41) is 2.13. The van der Waals surface area contributed by atoms with Crippen molar-refractivity contribution >= 4 is 26.8 Å². The number of nitrogens with zero attached hydrogens (tertiary/aromatic N) is 1. The molecular formula is C11H10BrN. The number of hydrogen-bond donors (Lipinski definition) is 0. The predicted octanol–water partition coefficient (Wildman–Crippen LogP) is 3.44. The first-order valence-electron chi connectivity index (χ1n) is 4.22. The summed E-state index contributed by atoms with van der Waals surface area (Å²) in [6.07, 6.45) is 1.84. The summed E-state index contributed by atoms with van der Waals surface area (Å²) in [4.78, 5) is 4.37. The highest BCUT2D eigenvalue weighted by Gasteiger charge is 2.01. The molecular weight excluding hydrogens is 226 g/mol. The van der Waals surface area contributed by atoms with E-state index in [1.807, 2.05) is 12.3 Å². The van der Waals surface area contributed by atoms with Crippen LogP contribution in [0.5, 0.6) is 0 Å². The third-order valence-corrected chi connectivity index (χ3v) is 2.81. The van der Waals surface area contributed by atoms with Gasteiger partial charge in [0.2, 0.25) is 0 Å². The summed E-state index contributed by atoms with van der Waals surface area (Å²) in [5.74, 6) is 0. The van der Waals surface area contributed by atoms with Crippen LogP contribution < -0.4 is 0 Å². The zero-order valence-corrected chi connectivity index (χ0v) is 9.01. The second-order valence-electron chi connectivity index (χ2n) is 3.07. The van der Waals surface area contributed by atoms with Crippen LogP contribution in [0.15, 0.2) is 30.5 Å². The molecule has 0 unspecified atom stereocenters. The Morgan fingerprint density at radius 3 is 2.92 bits per heavy atom. The molecule has 0 aliphatic rings. The molecule has 0 bridgehead atoms. The zero-order valence-electron chi connectivity index (χ0n) is 7.42. The molecule has 66 valence electrons.